The third-order valence-corrected chi connectivity index (χ3v) is 0.969. The molecule has 13 heavy (non-hydrogen) atoms. The summed E-state index contributed by atoms with van der Waals surface area (Å²) in [6, 6.07) is 0. The van der Waals surface area contributed by atoms with Crippen molar-refractivity contribution in [3.8, 4) is 0 Å². The predicted molar refractivity (Wildman–Crippen MR) is 47.5 cm³/mol. The molecular formula is C4H10ClFO5S2. The molecular weight excluding hydrogens is 247 g/mol. The molecule has 9 heteroatoms. The van der Waals surface area contributed by atoms with Crippen LogP contribution < -0.4 is 0 Å². The molecule has 82 valence electrons. The number of halogens is 2. The molecule has 0 saturated heterocycles. The van der Waals surface area contributed by atoms with E-state index in [1.54, 1.807) is 0 Å². The molecule has 0 aliphatic heterocycles. The molecule has 0 bridgehead atoms. The fraction of sp³-hybridized carbons (Fsp3) is 1.00. The minimum Gasteiger partial charge on any atom is -0.268 e. The van der Waals surface area contributed by atoms with E-state index < -0.39 is 25.8 Å². The summed E-state index contributed by atoms with van der Waals surface area (Å²) in [6.45, 7) is -1.15. The van der Waals surface area contributed by atoms with Crippen LogP contribution in [0.2, 0.25) is 0 Å². The van der Waals surface area contributed by atoms with Gasteiger partial charge in [-0.05, 0) is 0 Å². The Hall–Kier alpha value is 0.0800. The molecule has 0 aromatic rings. The summed E-state index contributed by atoms with van der Waals surface area (Å²) in [6.07, 6.45) is 1.80. The van der Waals surface area contributed by atoms with E-state index in [1.807, 2.05) is 0 Å². The first-order valence-electron chi connectivity index (χ1n) is 2.86. The van der Waals surface area contributed by atoms with Crippen LogP contribution in [0.25, 0.3) is 0 Å². The Kier molecular flexibility index (Phi) is 7.80. The molecule has 0 saturated carbocycles. The molecule has 0 heterocycles. The molecule has 0 rings (SSSR count). The van der Waals surface area contributed by atoms with Gasteiger partial charge in [0, 0.05) is 10.7 Å². The maximum atomic E-state index is 11.1. The first-order chi connectivity index (χ1) is 5.56. The van der Waals surface area contributed by atoms with Crippen LogP contribution in [0.4, 0.5) is 4.39 Å². The summed E-state index contributed by atoms with van der Waals surface area (Å²) in [7, 11) is -2.12. The molecule has 0 unspecified atom stereocenters. The fourth-order valence-corrected chi connectivity index (χ4v) is 0.549. The number of hydrogen-bond donors (Lipinski definition) is 0. The third-order valence-electron chi connectivity index (χ3n) is 0.375. The molecule has 0 spiro atoms. The van der Waals surface area contributed by atoms with Gasteiger partial charge >= 0.3 is 0 Å². The molecule has 0 amide bonds. The standard InChI is InChI=1S/C3H7FO3S.CH3ClO2S/c1-8(5,6)7-3-2-4;1-5(2,3)4/h2-3H2,1H3;1H3. The Balaban J connectivity index is 0. The highest BCUT2D eigenvalue weighted by atomic mass is 35.7. The summed E-state index contributed by atoms with van der Waals surface area (Å²) in [5.41, 5.74) is 0. The highest BCUT2D eigenvalue weighted by Gasteiger charge is 1.98. The summed E-state index contributed by atoms with van der Waals surface area (Å²) < 4.78 is 53.9. The van der Waals surface area contributed by atoms with Gasteiger partial charge < -0.3 is 0 Å². The van der Waals surface area contributed by atoms with E-state index in [2.05, 4.69) is 14.9 Å². The lowest BCUT2D eigenvalue weighted by molar-refractivity contribution is 0.279. The van der Waals surface area contributed by atoms with E-state index in [9.17, 15) is 21.2 Å². The van der Waals surface area contributed by atoms with Crippen LogP contribution >= 0.6 is 10.7 Å². The van der Waals surface area contributed by atoms with E-state index in [1.165, 1.54) is 0 Å². The van der Waals surface area contributed by atoms with Gasteiger partial charge in [-0.25, -0.2) is 12.8 Å². The highest BCUT2D eigenvalue weighted by Crippen LogP contribution is 1.84. The zero-order valence-corrected chi connectivity index (χ0v) is 9.42. The van der Waals surface area contributed by atoms with Gasteiger partial charge in [0.1, 0.15) is 6.67 Å². The zero-order chi connectivity index (χ0) is 11.1. The number of rotatable bonds is 3. The van der Waals surface area contributed by atoms with Crippen molar-refractivity contribution in [1.29, 1.82) is 0 Å². The molecule has 0 fully saturated rings. The molecule has 5 nitrogen and oxygen atoms in total. The third kappa shape index (κ3) is 47.6. The van der Waals surface area contributed by atoms with Crippen LogP contribution in [0.3, 0.4) is 0 Å². The molecule has 0 N–H and O–H groups in total. The second kappa shape index (κ2) is 6.52. The summed E-state index contributed by atoms with van der Waals surface area (Å²) in [5.74, 6) is 0. The smallest absolute Gasteiger partial charge is 0.264 e. The van der Waals surface area contributed by atoms with E-state index in [4.69, 9.17) is 0 Å². The SMILES string of the molecule is CS(=O)(=O)Cl.CS(=O)(=O)OCCF. The van der Waals surface area contributed by atoms with E-state index >= 15 is 0 Å². The normalized spacial score (nSPS) is 11.7. The van der Waals surface area contributed by atoms with Crippen molar-refractivity contribution >= 4 is 29.9 Å². The van der Waals surface area contributed by atoms with E-state index in [0.717, 1.165) is 12.5 Å². The van der Waals surface area contributed by atoms with Crippen molar-refractivity contribution in [1.82, 2.24) is 0 Å². The second-order valence-electron chi connectivity index (χ2n) is 1.90. The number of alkyl halides is 1. The van der Waals surface area contributed by atoms with Gasteiger partial charge in [0.2, 0.25) is 9.05 Å². The van der Waals surface area contributed by atoms with Crippen LogP contribution in [0.5, 0.6) is 0 Å². The van der Waals surface area contributed by atoms with Crippen LogP contribution in [-0.4, -0.2) is 42.6 Å². The molecule has 0 aliphatic carbocycles. The summed E-state index contributed by atoms with van der Waals surface area (Å²) in [4.78, 5) is 0. The Bertz CT molecular complexity index is 299. The molecule has 0 radical (unpaired) electrons. The lowest BCUT2D eigenvalue weighted by atomic mass is 10.9. The average molecular weight is 257 g/mol. The van der Waals surface area contributed by atoms with Crippen molar-refractivity contribution in [2.45, 2.75) is 0 Å². The predicted octanol–water partition coefficient (Wildman–Crippen LogP) is 0.117. The Labute approximate surface area is 81.4 Å². The maximum Gasteiger partial charge on any atom is 0.264 e. The first kappa shape index (κ1) is 15.5. The number of hydrogen-bond acceptors (Lipinski definition) is 5. The van der Waals surface area contributed by atoms with Crippen molar-refractivity contribution < 1.29 is 25.4 Å². The molecule has 0 aromatic carbocycles. The van der Waals surface area contributed by atoms with E-state index in [0.29, 0.717) is 0 Å². The Morgan fingerprint density at radius 2 is 1.54 bits per heavy atom. The maximum absolute atomic E-state index is 11.1. The molecule has 0 aromatic heterocycles. The molecule has 0 aliphatic rings. The second-order valence-corrected chi connectivity index (χ2v) is 6.59. The van der Waals surface area contributed by atoms with Crippen LogP contribution in [0, 0.1) is 0 Å². The van der Waals surface area contributed by atoms with Crippen molar-refractivity contribution in [3.63, 3.8) is 0 Å². The molecule has 0 atom stereocenters. The lowest BCUT2D eigenvalue weighted by Gasteiger charge is -1.92. The zero-order valence-electron chi connectivity index (χ0n) is 7.03. The monoisotopic (exact) mass is 256 g/mol. The van der Waals surface area contributed by atoms with Gasteiger partial charge in [-0.1, -0.05) is 0 Å². The van der Waals surface area contributed by atoms with Gasteiger partial charge in [-0.2, -0.15) is 8.42 Å². The summed E-state index contributed by atoms with van der Waals surface area (Å²) >= 11 is 0. The fourth-order valence-electron chi connectivity index (χ4n) is 0.183. The van der Waals surface area contributed by atoms with Crippen molar-refractivity contribution in [3.05, 3.63) is 0 Å². The van der Waals surface area contributed by atoms with Crippen molar-refractivity contribution in [2.24, 2.45) is 0 Å². The first-order valence-corrected chi connectivity index (χ1v) is 7.39. The topological polar surface area (TPSA) is 77.5 Å². The quantitative estimate of drug-likeness (QED) is 0.529. The largest absolute Gasteiger partial charge is 0.268 e. The minimum absolute atomic E-state index is 0.376. The Morgan fingerprint density at radius 3 is 1.62 bits per heavy atom. The summed E-state index contributed by atoms with van der Waals surface area (Å²) in [5, 5.41) is 0. The van der Waals surface area contributed by atoms with Crippen molar-refractivity contribution in [2.75, 3.05) is 25.8 Å². The van der Waals surface area contributed by atoms with Gasteiger partial charge in [0.05, 0.1) is 19.1 Å². The highest BCUT2D eigenvalue weighted by molar-refractivity contribution is 8.13. The van der Waals surface area contributed by atoms with Gasteiger partial charge in [-0.3, -0.25) is 4.18 Å². The van der Waals surface area contributed by atoms with Gasteiger partial charge in [0.15, 0.2) is 0 Å². The van der Waals surface area contributed by atoms with Gasteiger partial charge in [-0.15, -0.1) is 0 Å². The average Bonchev–Trinajstić information content (AvgIpc) is 1.77. The van der Waals surface area contributed by atoms with E-state index in [-0.39, 0.29) is 6.61 Å². The van der Waals surface area contributed by atoms with Crippen LogP contribution in [0.1, 0.15) is 0 Å². The van der Waals surface area contributed by atoms with Gasteiger partial charge in [0.25, 0.3) is 10.1 Å². The van der Waals surface area contributed by atoms with Crippen LogP contribution in [0.15, 0.2) is 0 Å². The minimum atomic E-state index is -3.43. The lowest BCUT2D eigenvalue weighted by Crippen LogP contribution is -2.04. The van der Waals surface area contributed by atoms with Crippen LogP contribution in [-0.2, 0) is 23.4 Å². The Morgan fingerprint density at radius 1 is 1.23 bits per heavy atom.